The first-order valence-electron chi connectivity index (χ1n) is 4.94. The van der Waals surface area contributed by atoms with E-state index in [-0.39, 0.29) is 29.5 Å². The average molecular weight is 334 g/mol. The molecule has 1 aromatic heterocycles. The molecule has 3 N–H and O–H groups in total. The van der Waals surface area contributed by atoms with Gasteiger partial charge in [0.05, 0.1) is 6.54 Å². The number of aromatic nitrogens is 1. The number of aliphatic imine (C=N–C) groups is 1. The number of pyridine rings is 1. The van der Waals surface area contributed by atoms with E-state index in [4.69, 9.17) is 5.73 Å². The number of guanidine groups is 1. The van der Waals surface area contributed by atoms with Crippen LogP contribution in [0.25, 0.3) is 0 Å². The lowest BCUT2D eigenvalue weighted by Gasteiger charge is -2.20. The van der Waals surface area contributed by atoms with E-state index in [1.54, 1.807) is 12.4 Å². The van der Waals surface area contributed by atoms with E-state index in [1.807, 2.05) is 32.9 Å². The van der Waals surface area contributed by atoms with E-state index in [1.165, 1.54) is 0 Å². The molecule has 1 rings (SSSR count). The maximum absolute atomic E-state index is 5.73. The predicted octanol–water partition coefficient (Wildman–Crippen LogP) is 1.90. The number of halogens is 1. The molecule has 0 aromatic carbocycles. The lowest BCUT2D eigenvalue weighted by molar-refractivity contribution is 0.508. The number of hydrogen-bond acceptors (Lipinski definition) is 2. The largest absolute Gasteiger partial charge is 0.370 e. The summed E-state index contributed by atoms with van der Waals surface area (Å²) in [5.41, 5.74) is 6.73. The lowest BCUT2D eigenvalue weighted by Crippen LogP contribution is -2.44. The van der Waals surface area contributed by atoms with Gasteiger partial charge >= 0.3 is 0 Å². The molecule has 4 nitrogen and oxygen atoms in total. The molecule has 5 heteroatoms. The van der Waals surface area contributed by atoms with E-state index in [0.717, 1.165) is 5.56 Å². The Morgan fingerprint density at radius 3 is 2.69 bits per heavy atom. The Kier molecular flexibility index (Phi) is 6.32. The zero-order chi connectivity index (χ0) is 11.3. The Hall–Kier alpha value is -0.850. The molecule has 16 heavy (non-hydrogen) atoms. The summed E-state index contributed by atoms with van der Waals surface area (Å²) in [4.78, 5) is 8.23. The zero-order valence-electron chi connectivity index (χ0n) is 9.90. The highest BCUT2D eigenvalue weighted by Crippen LogP contribution is 1.99. The fourth-order valence-corrected chi connectivity index (χ4v) is 1.09. The Labute approximate surface area is 114 Å². The molecule has 0 aliphatic carbocycles. The van der Waals surface area contributed by atoms with Crippen molar-refractivity contribution in [2.24, 2.45) is 10.7 Å². The number of nitrogens with one attached hydrogen (secondary N) is 1. The van der Waals surface area contributed by atoms with Crippen molar-refractivity contribution in [2.45, 2.75) is 32.9 Å². The van der Waals surface area contributed by atoms with Crippen molar-refractivity contribution in [3.8, 4) is 0 Å². The lowest BCUT2D eigenvalue weighted by atomic mass is 10.1. The van der Waals surface area contributed by atoms with Gasteiger partial charge < -0.3 is 11.1 Å². The predicted molar refractivity (Wildman–Crippen MR) is 77.9 cm³/mol. The molecule has 1 aromatic rings. The third-order valence-corrected chi connectivity index (χ3v) is 1.66. The molecule has 0 aliphatic heterocycles. The highest BCUT2D eigenvalue weighted by atomic mass is 127. The van der Waals surface area contributed by atoms with E-state index >= 15 is 0 Å². The van der Waals surface area contributed by atoms with Crippen LogP contribution >= 0.6 is 24.0 Å². The van der Waals surface area contributed by atoms with Crippen LogP contribution in [0.5, 0.6) is 0 Å². The standard InChI is InChI=1S/C11H18N4.HI/c1-11(2,3)15-10(12)14-8-9-5-4-6-13-7-9;/h4-7H,8H2,1-3H3,(H3,12,14,15);1H. The van der Waals surface area contributed by atoms with Gasteiger partial charge in [-0.15, -0.1) is 24.0 Å². The van der Waals surface area contributed by atoms with Gasteiger partial charge in [-0.25, -0.2) is 4.99 Å². The second kappa shape index (κ2) is 6.67. The SMILES string of the molecule is CC(C)(C)NC(N)=NCc1cccnc1.I. The van der Waals surface area contributed by atoms with Crippen LogP contribution in [0.3, 0.4) is 0 Å². The number of nitrogens with two attached hydrogens (primary N) is 1. The van der Waals surface area contributed by atoms with Crippen LogP contribution < -0.4 is 11.1 Å². The monoisotopic (exact) mass is 334 g/mol. The summed E-state index contributed by atoms with van der Waals surface area (Å²) < 4.78 is 0. The molecule has 0 saturated heterocycles. The minimum absolute atomic E-state index is 0. The summed E-state index contributed by atoms with van der Waals surface area (Å²) in [5, 5.41) is 3.10. The van der Waals surface area contributed by atoms with Crippen LogP contribution in [-0.4, -0.2) is 16.5 Å². The molecular weight excluding hydrogens is 315 g/mol. The second-order valence-electron chi connectivity index (χ2n) is 4.44. The first-order chi connectivity index (χ1) is 6.97. The van der Waals surface area contributed by atoms with E-state index in [0.29, 0.717) is 12.5 Å². The zero-order valence-corrected chi connectivity index (χ0v) is 12.2. The molecule has 0 spiro atoms. The maximum Gasteiger partial charge on any atom is 0.189 e. The van der Waals surface area contributed by atoms with Gasteiger partial charge in [0.1, 0.15) is 0 Å². The Bertz CT molecular complexity index is 330. The summed E-state index contributed by atoms with van der Waals surface area (Å²) in [7, 11) is 0. The maximum atomic E-state index is 5.73. The van der Waals surface area contributed by atoms with Crippen molar-refractivity contribution in [3.05, 3.63) is 30.1 Å². The van der Waals surface area contributed by atoms with E-state index in [9.17, 15) is 0 Å². The van der Waals surface area contributed by atoms with Crippen LogP contribution in [0.4, 0.5) is 0 Å². The number of nitrogens with zero attached hydrogens (tertiary/aromatic N) is 2. The first-order valence-corrected chi connectivity index (χ1v) is 4.94. The third-order valence-electron chi connectivity index (χ3n) is 1.66. The quantitative estimate of drug-likeness (QED) is 0.493. The van der Waals surface area contributed by atoms with Gasteiger partial charge in [0.2, 0.25) is 0 Å². The Morgan fingerprint density at radius 1 is 1.50 bits per heavy atom. The average Bonchev–Trinajstić information content (AvgIpc) is 2.14. The molecule has 0 aliphatic rings. The van der Waals surface area contributed by atoms with Gasteiger partial charge in [-0.3, -0.25) is 4.98 Å². The fourth-order valence-electron chi connectivity index (χ4n) is 1.09. The van der Waals surface area contributed by atoms with Gasteiger partial charge in [0.25, 0.3) is 0 Å². The van der Waals surface area contributed by atoms with Crippen LogP contribution in [0.1, 0.15) is 26.3 Å². The topological polar surface area (TPSA) is 63.3 Å². The van der Waals surface area contributed by atoms with Crippen molar-refractivity contribution in [3.63, 3.8) is 0 Å². The molecule has 90 valence electrons. The van der Waals surface area contributed by atoms with Crippen molar-refractivity contribution in [1.82, 2.24) is 10.3 Å². The van der Waals surface area contributed by atoms with Crippen molar-refractivity contribution in [1.29, 1.82) is 0 Å². The van der Waals surface area contributed by atoms with Gasteiger partial charge in [-0.2, -0.15) is 0 Å². The van der Waals surface area contributed by atoms with Crippen molar-refractivity contribution < 1.29 is 0 Å². The molecule has 0 atom stereocenters. The van der Waals surface area contributed by atoms with Crippen LogP contribution in [-0.2, 0) is 6.54 Å². The van der Waals surface area contributed by atoms with Crippen molar-refractivity contribution in [2.75, 3.05) is 0 Å². The highest BCUT2D eigenvalue weighted by molar-refractivity contribution is 14.0. The molecular formula is C11H19IN4. The first kappa shape index (κ1) is 15.2. The summed E-state index contributed by atoms with van der Waals surface area (Å²) >= 11 is 0. The van der Waals surface area contributed by atoms with Crippen molar-refractivity contribution >= 4 is 29.9 Å². The minimum atomic E-state index is -0.0531. The number of hydrogen-bond donors (Lipinski definition) is 2. The minimum Gasteiger partial charge on any atom is -0.370 e. The number of rotatable bonds is 2. The smallest absolute Gasteiger partial charge is 0.189 e. The van der Waals surface area contributed by atoms with E-state index in [2.05, 4.69) is 15.3 Å². The van der Waals surface area contributed by atoms with Gasteiger partial charge in [-0.1, -0.05) is 6.07 Å². The summed E-state index contributed by atoms with van der Waals surface area (Å²) in [6, 6.07) is 3.86. The van der Waals surface area contributed by atoms with Gasteiger partial charge in [-0.05, 0) is 32.4 Å². The molecule has 0 amide bonds. The molecule has 0 radical (unpaired) electrons. The normalized spacial score (nSPS) is 11.8. The molecule has 0 fully saturated rings. The molecule has 0 unspecified atom stereocenters. The van der Waals surface area contributed by atoms with Gasteiger partial charge in [0.15, 0.2) is 5.96 Å². The Morgan fingerprint density at radius 2 is 2.19 bits per heavy atom. The fraction of sp³-hybridized carbons (Fsp3) is 0.455. The second-order valence-corrected chi connectivity index (χ2v) is 4.44. The Balaban J connectivity index is 0.00000225. The molecule has 0 saturated carbocycles. The van der Waals surface area contributed by atoms with E-state index < -0.39 is 0 Å². The van der Waals surface area contributed by atoms with Gasteiger partial charge in [0, 0.05) is 17.9 Å². The summed E-state index contributed by atoms with van der Waals surface area (Å²) in [6.07, 6.45) is 3.53. The van der Waals surface area contributed by atoms with Crippen LogP contribution in [0, 0.1) is 0 Å². The summed E-state index contributed by atoms with van der Waals surface area (Å²) in [6.45, 7) is 6.68. The molecule has 1 heterocycles. The van der Waals surface area contributed by atoms with Crippen LogP contribution in [0.15, 0.2) is 29.5 Å². The molecule has 0 bridgehead atoms. The van der Waals surface area contributed by atoms with Crippen LogP contribution in [0.2, 0.25) is 0 Å². The summed E-state index contributed by atoms with van der Waals surface area (Å²) in [5.74, 6) is 0.464. The third kappa shape index (κ3) is 6.60. The highest BCUT2D eigenvalue weighted by Gasteiger charge is 2.09.